The van der Waals surface area contributed by atoms with Crippen LogP contribution in [0.5, 0.6) is 11.5 Å². The van der Waals surface area contributed by atoms with Crippen molar-refractivity contribution in [3.63, 3.8) is 0 Å². The topological polar surface area (TPSA) is 109 Å². The number of esters is 1. The van der Waals surface area contributed by atoms with Gasteiger partial charge in [-0.05, 0) is 29.8 Å². The maximum atomic E-state index is 13.3. The number of benzene rings is 3. The standard InChI is InChI=1S/C26H18N2O7S/c1-2-32-23(29)12-28-18-10-20-21(34-13-33-20)11-22(18)36-26(28)27-24(30)17-9-16-15-6-4-3-5-14(15)7-8-19(16)35-25(17)31/h3-11H,2,12-13H2,1H3. The molecule has 6 rings (SSSR count). The lowest BCUT2D eigenvalue weighted by Crippen LogP contribution is -2.24. The molecule has 0 spiro atoms. The second-order valence-corrected chi connectivity index (χ2v) is 9.02. The summed E-state index contributed by atoms with van der Waals surface area (Å²) < 4.78 is 23.8. The summed E-state index contributed by atoms with van der Waals surface area (Å²) in [6.45, 7) is 1.86. The van der Waals surface area contributed by atoms with Crippen LogP contribution >= 0.6 is 11.3 Å². The summed E-state index contributed by atoms with van der Waals surface area (Å²) in [5.74, 6) is -0.173. The van der Waals surface area contributed by atoms with Crippen molar-refractivity contribution in [1.29, 1.82) is 0 Å². The van der Waals surface area contributed by atoms with Crippen LogP contribution in [-0.2, 0) is 16.1 Å². The van der Waals surface area contributed by atoms with Crippen molar-refractivity contribution in [3.8, 4) is 11.5 Å². The number of fused-ring (bicyclic) bond motifs is 5. The molecule has 0 bridgehead atoms. The molecule has 180 valence electrons. The van der Waals surface area contributed by atoms with Crippen LogP contribution in [0.4, 0.5) is 0 Å². The van der Waals surface area contributed by atoms with Crippen molar-refractivity contribution in [2.24, 2.45) is 4.99 Å². The monoisotopic (exact) mass is 502 g/mol. The zero-order valence-electron chi connectivity index (χ0n) is 19.0. The summed E-state index contributed by atoms with van der Waals surface area (Å²) in [6, 6.07) is 16.2. The van der Waals surface area contributed by atoms with Gasteiger partial charge in [-0.1, -0.05) is 41.7 Å². The number of thiazole rings is 1. The molecule has 1 aliphatic heterocycles. The Balaban J connectivity index is 1.52. The average Bonchev–Trinajstić information content (AvgIpc) is 3.46. The van der Waals surface area contributed by atoms with Gasteiger partial charge >= 0.3 is 11.6 Å². The van der Waals surface area contributed by atoms with E-state index < -0.39 is 17.5 Å². The third-order valence-electron chi connectivity index (χ3n) is 5.84. The van der Waals surface area contributed by atoms with Crippen LogP contribution < -0.4 is 19.9 Å². The van der Waals surface area contributed by atoms with Gasteiger partial charge in [-0.15, -0.1) is 0 Å². The molecule has 0 radical (unpaired) electrons. The molecule has 0 atom stereocenters. The summed E-state index contributed by atoms with van der Waals surface area (Å²) in [4.78, 5) is 42.7. The lowest BCUT2D eigenvalue weighted by Gasteiger charge is -2.06. The number of amides is 1. The van der Waals surface area contributed by atoms with Crippen molar-refractivity contribution in [2.75, 3.05) is 13.4 Å². The van der Waals surface area contributed by atoms with Crippen molar-refractivity contribution in [3.05, 3.63) is 75.4 Å². The van der Waals surface area contributed by atoms with Gasteiger partial charge in [-0.3, -0.25) is 9.59 Å². The first-order valence-corrected chi connectivity index (χ1v) is 12.0. The normalized spacial score (nSPS) is 13.1. The van der Waals surface area contributed by atoms with Gasteiger partial charge in [0.25, 0.3) is 5.91 Å². The number of carbonyl (C=O) groups excluding carboxylic acids is 2. The van der Waals surface area contributed by atoms with E-state index in [0.717, 1.165) is 15.5 Å². The zero-order valence-corrected chi connectivity index (χ0v) is 19.8. The average molecular weight is 503 g/mol. The van der Waals surface area contributed by atoms with E-state index >= 15 is 0 Å². The van der Waals surface area contributed by atoms with Crippen molar-refractivity contribution < 1.29 is 28.2 Å². The maximum Gasteiger partial charge on any atom is 0.349 e. The third kappa shape index (κ3) is 3.72. The Morgan fingerprint density at radius 1 is 1.06 bits per heavy atom. The highest BCUT2D eigenvalue weighted by Crippen LogP contribution is 2.37. The molecule has 0 fully saturated rings. The molecule has 1 aliphatic rings. The molecule has 0 N–H and O–H groups in total. The Labute approximate surface area is 206 Å². The minimum Gasteiger partial charge on any atom is -0.465 e. The first-order valence-electron chi connectivity index (χ1n) is 11.1. The molecule has 3 heterocycles. The number of hydrogen-bond acceptors (Lipinski definition) is 8. The number of hydrogen-bond donors (Lipinski definition) is 0. The molecule has 5 aromatic rings. The Bertz CT molecular complexity index is 1830. The van der Waals surface area contributed by atoms with Gasteiger partial charge < -0.3 is 23.2 Å². The van der Waals surface area contributed by atoms with E-state index in [4.69, 9.17) is 18.6 Å². The van der Waals surface area contributed by atoms with Gasteiger partial charge in [0.1, 0.15) is 17.7 Å². The quantitative estimate of drug-likeness (QED) is 0.208. The van der Waals surface area contributed by atoms with E-state index in [1.807, 2.05) is 30.3 Å². The largest absolute Gasteiger partial charge is 0.465 e. The summed E-state index contributed by atoms with van der Waals surface area (Å²) in [6.07, 6.45) is 0. The predicted octanol–water partition coefficient (Wildman–Crippen LogP) is 4.00. The minimum absolute atomic E-state index is 0.104. The third-order valence-corrected chi connectivity index (χ3v) is 6.88. The van der Waals surface area contributed by atoms with E-state index in [1.54, 1.807) is 29.7 Å². The lowest BCUT2D eigenvalue weighted by molar-refractivity contribution is -0.143. The zero-order chi connectivity index (χ0) is 24.8. The predicted molar refractivity (Wildman–Crippen MR) is 132 cm³/mol. The first-order chi connectivity index (χ1) is 17.5. The first kappa shape index (κ1) is 22.1. The van der Waals surface area contributed by atoms with E-state index in [9.17, 15) is 14.4 Å². The Morgan fingerprint density at radius 3 is 2.69 bits per heavy atom. The van der Waals surface area contributed by atoms with Crippen LogP contribution in [-0.4, -0.2) is 29.8 Å². The molecule has 0 saturated carbocycles. The number of rotatable bonds is 4. The number of ether oxygens (including phenoxy) is 3. The smallest absolute Gasteiger partial charge is 0.349 e. The fraction of sp³-hybridized carbons (Fsp3) is 0.154. The molecular formula is C26H18N2O7S. The van der Waals surface area contributed by atoms with Gasteiger partial charge in [0, 0.05) is 17.5 Å². The van der Waals surface area contributed by atoms with Gasteiger partial charge in [0.15, 0.2) is 16.3 Å². The molecule has 0 unspecified atom stereocenters. The van der Waals surface area contributed by atoms with Gasteiger partial charge in [0.2, 0.25) is 6.79 Å². The van der Waals surface area contributed by atoms with E-state index in [1.165, 1.54) is 17.4 Å². The minimum atomic E-state index is -0.787. The van der Waals surface area contributed by atoms with Crippen LogP contribution in [0.3, 0.4) is 0 Å². The van der Waals surface area contributed by atoms with Crippen LogP contribution in [0.15, 0.2) is 68.8 Å². The SMILES string of the molecule is CCOC(=O)Cn1c(=NC(=O)c2cc3c(ccc4ccccc43)oc2=O)sc2cc3c(cc21)OCO3. The Hall–Kier alpha value is -4.44. The summed E-state index contributed by atoms with van der Waals surface area (Å²) in [7, 11) is 0. The summed E-state index contributed by atoms with van der Waals surface area (Å²) in [5, 5.41) is 2.43. The van der Waals surface area contributed by atoms with Crippen molar-refractivity contribution >= 4 is 55.2 Å². The fourth-order valence-corrected chi connectivity index (χ4v) is 5.24. The van der Waals surface area contributed by atoms with E-state index in [-0.39, 0.29) is 30.3 Å². The van der Waals surface area contributed by atoms with E-state index in [0.29, 0.717) is 28.0 Å². The molecule has 3 aromatic carbocycles. The van der Waals surface area contributed by atoms with Crippen molar-refractivity contribution in [1.82, 2.24) is 4.57 Å². The van der Waals surface area contributed by atoms with Gasteiger partial charge in [-0.25, -0.2) is 4.79 Å². The van der Waals surface area contributed by atoms with Crippen LogP contribution in [0, 0.1) is 0 Å². The molecule has 36 heavy (non-hydrogen) atoms. The molecule has 10 heteroatoms. The van der Waals surface area contributed by atoms with E-state index in [2.05, 4.69) is 4.99 Å². The molecule has 2 aromatic heterocycles. The Morgan fingerprint density at radius 2 is 1.86 bits per heavy atom. The Kier molecular flexibility index (Phi) is 5.30. The van der Waals surface area contributed by atoms with Crippen molar-refractivity contribution in [2.45, 2.75) is 13.5 Å². The highest BCUT2D eigenvalue weighted by molar-refractivity contribution is 7.16. The number of nitrogens with zero attached hydrogens (tertiary/aromatic N) is 2. The lowest BCUT2D eigenvalue weighted by atomic mass is 10.0. The molecular weight excluding hydrogens is 484 g/mol. The molecule has 0 saturated heterocycles. The fourth-order valence-electron chi connectivity index (χ4n) is 4.20. The highest BCUT2D eigenvalue weighted by atomic mass is 32.1. The summed E-state index contributed by atoms with van der Waals surface area (Å²) >= 11 is 1.18. The number of aromatic nitrogens is 1. The second kappa shape index (κ2) is 8.65. The van der Waals surface area contributed by atoms with Crippen LogP contribution in [0.2, 0.25) is 0 Å². The summed E-state index contributed by atoms with van der Waals surface area (Å²) in [5.41, 5.74) is 0.0166. The van der Waals surface area contributed by atoms with Crippen LogP contribution in [0.25, 0.3) is 32.0 Å². The maximum absolute atomic E-state index is 13.3. The molecule has 9 nitrogen and oxygen atoms in total. The van der Waals surface area contributed by atoms with Crippen LogP contribution in [0.1, 0.15) is 17.3 Å². The molecule has 0 aliphatic carbocycles. The van der Waals surface area contributed by atoms with Gasteiger partial charge in [-0.2, -0.15) is 4.99 Å². The van der Waals surface area contributed by atoms with Gasteiger partial charge in [0.05, 0.1) is 16.8 Å². The highest BCUT2D eigenvalue weighted by Gasteiger charge is 2.21. The number of carbonyl (C=O) groups is 2. The molecule has 1 amide bonds. The second-order valence-electron chi connectivity index (χ2n) is 8.01.